The van der Waals surface area contributed by atoms with Crippen molar-refractivity contribution in [3.63, 3.8) is 0 Å². The molecule has 156 valence electrons. The molecule has 1 aliphatic carbocycles. The SMILES string of the molecule is C[C@@]1(NC(=O)CN2C(=O)N[C@](C)(c3ccc4c(c3)CCC4)C2=O)CCS(=O)(=O)C1. The van der Waals surface area contributed by atoms with Gasteiger partial charge in [0, 0.05) is 0 Å². The van der Waals surface area contributed by atoms with Gasteiger partial charge in [-0.1, -0.05) is 18.2 Å². The molecule has 2 saturated heterocycles. The van der Waals surface area contributed by atoms with Crippen LogP contribution in [0.15, 0.2) is 18.2 Å². The van der Waals surface area contributed by atoms with E-state index in [1.54, 1.807) is 13.8 Å². The third-order valence-corrected chi connectivity index (χ3v) is 8.10. The van der Waals surface area contributed by atoms with E-state index in [2.05, 4.69) is 10.6 Å². The van der Waals surface area contributed by atoms with E-state index < -0.39 is 45.3 Å². The Morgan fingerprint density at radius 3 is 2.62 bits per heavy atom. The molecule has 3 aliphatic rings. The van der Waals surface area contributed by atoms with Crippen molar-refractivity contribution < 1.29 is 22.8 Å². The third kappa shape index (κ3) is 3.52. The molecule has 0 saturated carbocycles. The van der Waals surface area contributed by atoms with E-state index >= 15 is 0 Å². The lowest BCUT2D eigenvalue weighted by molar-refractivity contribution is -0.135. The maximum Gasteiger partial charge on any atom is 0.325 e. The average molecular weight is 420 g/mol. The summed E-state index contributed by atoms with van der Waals surface area (Å²) in [6.07, 6.45) is 3.37. The lowest BCUT2D eigenvalue weighted by Crippen LogP contribution is -2.51. The topological polar surface area (TPSA) is 113 Å². The van der Waals surface area contributed by atoms with Crippen molar-refractivity contribution in [1.82, 2.24) is 15.5 Å². The van der Waals surface area contributed by atoms with Gasteiger partial charge in [0.2, 0.25) is 5.91 Å². The van der Waals surface area contributed by atoms with Gasteiger partial charge in [0.15, 0.2) is 9.84 Å². The van der Waals surface area contributed by atoms with Crippen LogP contribution in [0.4, 0.5) is 4.79 Å². The van der Waals surface area contributed by atoms with Gasteiger partial charge in [-0.25, -0.2) is 13.2 Å². The summed E-state index contributed by atoms with van der Waals surface area (Å²) in [6, 6.07) is 5.20. The van der Waals surface area contributed by atoms with E-state index in [4.69, 9.17) is 0 Å². The third-order valence-electron chi connectivity index (χ3n) is 6.20. The first kappa shape index (κ1) is 19.9. The van der Waals surface area contributed by atoms with Crippen LogP contribution in [0.1, 0.15) is 43.4 Å². The molecule has 0 radical (unpaired) electrons. The molecule has 0 unspecified atom stereocenters. The summed E-state index contributed by atoms with van der Waals surface area (Å²) in [6.45, 7) is 2.86. The summed E-state index contributed by atoms with van der Waals surface area (Å²) >= 11 is 0. The summed E-state index contributed by atoms with van der Waals surface area (Å²) in [5.74, 6) is -1.16. The Morgan fingerprint density at radius 1 is 1.21 bits per heavy atom. The number of imide groups is 1. The highest BCUT2D eigenvalue weighted by atomic mass is 32.2. The maximum atomic E-state index is 13.1. The Bertz CT molecular complexity index is 1020. The van der Waals surface area contributed by atoms with Gasteiger partial charge in [-0.3, -0.25) is 14.5 Å². The minimum Gasteiger partial charge on any atom is -0.348 e. The van der Waals surface area contributed by atoms with Gasteiger partial charge in [0.25, 0.3) is 5.91 Å². The number of urea groups is 1. The molecule has 0 spiro atoms. The number of amides is 4. The van der Waals surface area contributed by atoms with E-state index in [0.29, 0.717) is 12.0 Å². The fourth-order valence-corrected chi connectivity index (χ4v) is 6.64. The van der Waals surface area contributed by atoms with Gasteiger partial charge in [0.05, 0.1) is 17.0 Å². The van der Waals surface area contributed by atoms with E-state index in [9.17, 15) is 22.8 Å². The second-order valence-electron chi connectivity index (χ2n) is 8.73. The first-order chi connectivity index (χ1) is 13.5. The molecule has 9 heteroatoms. The molecule has 0 aromatic heterocycles. The largest absolute Gasteiger partial charge is 0.348 e. The Kier molecular flexibility index (Phi) is 4.49. The minimum atomic E-state index is -3.18. The first-order valence-corrected chi connectivity index (χ1v) is 11.6. The van der Waals surface area contributed by atoms with Crippen LogP contribution in [-0.4, -0.2) is 54.8 Å². The van der Waals surface area contributed by atoms with Crippen molar-refractivity contribution in [3.8, 4) is 0 Å². The van der Waals surface area contributed by atoms with Gasteiger partial charge in [0.1, 0.15) is 12.1 Å². The molecule has 0 bridgehead atoms. The maximum absolute atomic E-state index is 13.1. The highest BCUT2D eigenvalue weighted by Gasteiger charge is 2.50. The van der Waals surface area contributed by atoms with Crippen LogP contribution in [0.5, 0.6) is 0 Å². The summed E-state index contributed by atoms with van der Waals surface area (Å²) in [4.78, 5) is 38.9. The van der Waals surface area contributed by atoms with E-state index in [1.165, 1.54) is 11.1 Å². The highest BCUT2D eigenvalue weighted by Crippen LogP contribution is 2.32. The molecule has 4 amide bonds. The molecule has 4 rings (SSSR count). The van der Waals surface area contributed by atoms with Gasteiger partial charge in [-0.05, 0) is 56.2 Å². The van der Waals surface area contributed by atoms with Crippen LogP contribution in [0.3, 0.4) is 0 Å². The van der Waals surface area contributed by atoms with Gasteiger partial charge < -0.3 is 10.6 Å². The number of fused-ring (bicyclic) bond motifs is 1. The predicted octanol–water partition coefficient (Wildman–Crippen LogP) is 0.636. The standard InChI is InChI=1S/C20H25N3O5S/c1-19(8-9-29(27,28)12-19)21-16(24)11-23-17(25)20(2,22-18(23)26)15-7-6-13-4-3-5-14(13)10-15/h6-7,10H,3-5,8-9,11-12H2,1-2H3,(H,21,24)(H,22,26)/t19-,20-/m1/s1. The summed E-state index contributed by atoms with van der Waals surface area (Å²) in [7, 11) is -3.18. The lowest BCUT2D eigenvalue weighted by Gasteiger charge is -2.26. The molecule has 2 heterocycles. The zero-order valence-corrected chi connectivity index (χ0v) is 17.4. The number of rotatable bonds is 4. The molecule has 2 N–H and O–H groups in total. The van der Waals surface area contributed by atoms with Crippen molar-refractivity contribution in [2.75, 3.05) is 18.1 Å². The van der Waals surface area contributed by atoms with Crippen molar-refractivity contribution >= 4 is 27.7 Å². The van der Waals surface area contributed by atoms with Crippen molar-refractivity contribution in [2.45, 2.75) is 50.6 Å². The number of sulfone groups is 1. The molecular formula is C20H25N3O5S. The summed E-state index contributed by atoms with van der Waals surface area (Å²) in [5.41, 5.74) is 1.06. The summed E-state index contributed by atoms with van der Waals surface area (Å²) < 4.78 is 23.4. The molecule has 2 atom stereocenters. The van der Waals surface area contributed by atoms with Gasteiger partial charge >= 0.3 is 6.03 Å². The quantitative estimate of drug-likeness (QED) is 0.696. The zero-order valence-electron chi connectivity index (χ0n) is 16.6. The van der Waals surface area contributed by atoms with Crippen molar-refractivity contribution in [1.29, 1.82) is 0 Å². The number of nitrogens with one attached hydrogen (secondary N) is 2. The Morgan fingerprint density at radius 2 is 1.93 bits per heavy atom. The van der Waals surface area contributed by atoms with Crippen molar-refractivity contribution in [2.24, 2.45) is 0 Å². The van der Waals surface area contributed by atoms with Gasteiger partial charge in [-0.2, -0.15) is 0 Å². The molecular weight excluding hydrogens is 394 g/mol. The summed E-state index contributed by atoms with van der Waals surface area (Å²) in [5, 5.41) is 5.41. The van der Waals surface area contributed by atoms with Crippen LogP contribution in [0.2, 0.25) is 0 Å². The molecule has 1 aromatic carbocycles. The Balaban J connectivity index is 1.49. The second kappa shape index (κ2) is 6.55. The molecule has 29 heavy (non-hydrogen) atoms. The predicted molar refractivity (Wildman–Crippen MR) is 106 cm³/mol. The smallest absolute Gasteiger partial charge is 0.325 e. The van der Waals surface area contributed by atoms with E-state index in [0.717, 1.165) is 24.2 Å². The molecule has 2 fully saturated rings. The second-order valence-corrected chi connectivity index (χ2v) is 10.9. The first-order valence-electron chi connectivity index (χ1n) is 9.79. The van der Waals surface area contributed by atoms with Crippen LogP contribution >= 0.6 is 0 Å². The number of benzene rings is 1. The zero-order chi connectivity index (χ0) is 21.0. The molecule has 2 aliphatic heterocycles. The van der Waals surface area contributed by atoms with Gasteiger partial charge in [-0.15, -0.1) is 0 Å². The number of hydrogen-bond acceptors (Lipinski definition) is 5. The number of carbonyl (C=O) groups excluding carboxylic acids is 3. The van der Waals surface area contributed by atoms with E-state index in [-0.39, 0.29) is 11.5 Å². The van der Waals surface area contributed by atoms with Crippen LogP contribution in [-0.2, 0) is 37.8 Å². The lowest BCUT2D eigenvalue weighted by atomic mass is 9.89. The molecule has 8 nitrogen and oxygen atoms in total. The normalized spacial score (nSPS) is 30.3. The fourth-order valence-electron chi connectivity index (χ4n) is 4.55. The number of carbonyl (C=O) groups is 3. The van der Waals surface area contributed by atoms with Crippen molar-refractivity contribution in [3.05, 3.63) is 34.9 Å². The van der Waals surface area contributed by atoms with Crippen LogP contribution in [0.25, 0.3) is 0 Å². The Hall–Kier alpha value is -2.42. The number of aryl methyl sites for hydroxylation is 2. The average Bonchev–Trinajstić information content (AvgIpc) is 3.26. The monoisotopic (exact) mass is 419 g/mol. The highest BCUT2D eigenvalue weighted by molar-refractivity contribution is 7.91. The minimum absolute atomic E-state index is 0.0172. The van der Waals surface area contributed by atoms with Crippen LogP contribution in [0, 0.1) is 0 Å². The number of nitrogens with zero attached hydrogens (tertiary/aromatic N) is 1. The number of hydrogen-bond donors (Lipinski definition) is 2. The van der Waals surface area contributed by atoms with Crippen LogP contribution < -0.4 is 10.6 Å². The Labute approximate surface area is 169 Å². The van der Waals surface area contributed by atoms with E-state index in [1.807, 2.05) is 18.2 Å². The molecule has 1 aromatic rings. The fraction of sp³-hybridized carbons (Fsp3) is 0.550.